The van der Waals surface area contributed by atoms with Gasteiger partial charge in [-0.2, -0.15) is 0 Å². The van der Waals surface area contributed by atoms with E-state index in [0.717, 1.165) is 4.96 Å². The van der Waals surface area contributed by atoms with Crippen molar-refractivity contribution in [2.75, 3.05) is 5.32 Å². The van der Waals surface area contributed by atoms with Gasteiger partial charge in [0, 0.05) is 28.7 Å². The van der Waals surface area contributed by atoms with E-state index < -0.39 is 5.82 Å². The van der Waals surface area contributed by atoms with Gasteiger partial charge in [0.1, 0.15) is 5.82 Å². The Bertz CT molecular complexity index is 1040. The van der Waals surface area contributed by atoms with E-state index in [1.165, 1.54) is 34.8 Å². The minimum Gasteiger partial charge on any atom is -0.302 e. The highest BCUT2D eigenvalue weighted by Crippen LogP contribution is 2.28. The number of amides is 1. The lowest BCUT2D eigenvalue weighted by atomic mass is 10.2. The van der Waals surface area contributed by atoms with Gasteiger partial charge in [-0.05, 0) is 18.2 Å². The Morgan fingerprint density at radius 1 is 1.32 bits per heavy atom. The van der Waals surface area contributed by atoms with Crippen LogP contribution in [0.25, 0.3) is 16.2 Å². The van der Waals surface area contributed by atoms with Crippen LogP contribution in [-0.2, 0) is 11.2 Å². The summed E-state index contributed by atoms with van der Waals surface area (Å²) in [4.78, 5) is 21.7. The van der Waals surface area contributed by atoms with Crippen molar-refractivity contribution < 1.29 is 9.18 Å². The summed E-state index contributed by atoms with van der Waals surface area (Å²) >= 11 is 8.60. The molecule has 4 aromatic rings. The molecule has 0 spiro atoms. The molecule has 0 unspecified atom stereocenters. The molecule has 0 aliphatic rings. The number of thiazole rings is 2. The molecule has 25 heavy (non-hydrogen) atoms. The lowest BCUT2D eigenvalue weighted by molar-refractivity contribution is -0.115. The third-order valence-electron chi connectivity index (χ3n) is 3.45. The Balaban J connectivity index is 1.45. The van der Waals surface area contributed by atoms with Gasteiger partial charge in [0.15, 0.2) is 10.1 Å². The molecular weight excluding hydrogens is 383 g/mol. The maximum absolute atomic E-state index is 13.2. The van der Waals surface area contributed by atoms with Crippen LogP contribution >= 0.6 is 34.3 Å². The Labute approximate surface area is 154 Å². The molecule has 1 aromatic carbocycles. The van der Waals surface area contributed by atoms with Crippen molar-refractivity contribution in [3.63, 3.8) is 0 Å². The van der Waals surface area contributed by atoms with Crippen LogP contribution in [0.2, 0.25) is 5.02 Å². The van der Waals surface area contributed by atoms with E-state index in [-0.39, 0.29) is 17.4 Å². The maximum atomic E-state index is 13.2. The van der Waals surface area contributed by atoms with E-state index in [2.05, 4.69) is 15.3 Å². The minimum absolute atomic E-state index is 0.0378. The third-order valence-corrected chi connectivity index (χ3v) is 5.27. The molecule has 3 heterocycles. The Hall–Kier alpha value is -2.29. The van der Waals surface area contributed by atoms with E-state index >= 15 is 0 Å². The second-order valence-electron chi connectivity index (χ2n) is 5.22. The second kappa shape index (κ2) is 6.55. The average Bonchev–Trinajstić information content (AvgIpc) is 3.26. The molecule has 0 fully saturated rings. The monoisotopic (exact) mass is 392 g/mol. The van der Waals surface area contributed by atoms with Crippen LogP contribution in [0.3, 0.4) is 0 Å². The van der Waals surface area contributed by atoms with E-state index in [0.29, 0.717) is 22.1 Å². The highest BCUT2D eigenvalue weighted by atomic mass is 35.5. The normalized spacial score (nSPS) is 11.1. The van der Waals surface area contributed by atoms with Crippen LogP contribution in [0.4, 0.5) is 9.52 Å². The predicted octanol–water partition coefficient (Wildman–Crippen LogP) is 4.49. The van der Waals surface area contributed by atoms with E-state index in [1.54, 1.807) is 11.4 Å². The van der Waals surface area contributed by atoms with Gasteiger partial charge in [0.25, 0.3) is 0 Å². The van der Waals surface area contributed by atoms with Crippen molar-refractivity contribution in [2.24, 2.45) is 0 Å². The summed E-state index contributed by atoms with van der Waals surface area (Å²) in [6.45, 7) is 0. The highest BCUT2D eigenvalue weighted by Gasteiger charge is 2.12. The number of benzene rings is 1. The zero-order valence-electron chi connectivity index (χ0n) is 12.6. The number of carbonyl (C=O) groups is 1. The molecule has 0 atom stereocenters. The first-order valence-electron chi connectivity index (χ1n) is 7.20. The summed E-state index contributed by atoms with van der Waals surface area (Å²) in [5.41, 5.74) is 2.02. The van der Waals surface area contributed by atoms with Crippen molar-refractivity contribution in [3.05, 3.63) is 57.9 Å². The van der Waals surface area contributed by atoms with Crippen molar-refractivity contribution in [2.45, 2.75) is 6.42 Å². The number of rotatable bonds is 4. The van der Waals surface area contributed by atoms with Crippen LogP contribution in [0.5, 0.6) is 0 Å². The molecule has 126 valence electrons. The number of imidazole rings is 1. The van der Waals surface area contributed by atoms with Crippen LogP contribution in [0.15, 0.2) is 41.4 Å². The summed E-state index contributed by atoms with van der Waals surface area (Å²) in [5.74, 6) is -0.669. The molecule has 0 aliphatic carbocycles. The van der Waals surface area contributed by atoms with Crippen molar-refractivity contribution in [1.82, 2.24) is 14.4 Å². The Kier molecular flexibility index (Phi) is 4.24. The minimum atomic E-state index is -0.478. The first-order chi connectivity index (χ1) is 12.1. The topological polar surface area (TPSA) is 59.3 Å². The molecule has 9 heteroatoms. The number of fused-ring (bicyclic) bond motifs is 1. The van der Waals surface area contributed by atoms with Crippen LogP contribution in [-0.4, -0.2) is 20.3 Å². The van der Waals surface area contributed by atoms with Gasteiger partial charge < -0.3 is 5.32 Å². The van der Waals surface area contributed by atoms with Gasteiger partial charge >= 0.3 is 0 Å². The van der Waals surface area contributed by atoms with Gasteiger partial charge in [0.05, 0.1) is 22.8 Å². The summed E-state index contributed by atoms with van der Waals surface area (Å²) < 4.78 is 15.1. The number of hydrogen-bond donors (Lipinski definition) is 1. The van der Waals surface area contributed by atoms with Gasteiger partial charge in [-0.25, -0.2) is 14.4 Å². The second-order valence-corrected chi connectivity index (χ2v) is 7.36. The maximum Gasteiger partial charge on any atom is 0.232 e. The van der Waals surface area contributed by atoms with Gasteiger partial charge in [-0.1, -0.05) is 11.6 Å². The van der Waals surface area contributed by atoms with Crippen molar-refractivity contribution in [1.29, 1.82) is 0 Å². The van der Waals surface area contributed by atoms with Gasteiger partial charge in [0.2, 0.25) is 5.91 Å². The van der Waals surface area contributed by atoms with Gasteiger partial charge in [-0.3, -0.25) is 9.20 Å². The molecule has 3 aromatic heterocycles. The van der Waals surface area contributed by atoms with Crippen LogP contribution < -0.4 is 5.32 Å². The largest absolute Gasteiger partial charge is 0.302 e. The van der Waals surface area contributed by atoms with Crippen LogP contribution in [0, 0.1) is 5.82 Å². The van der Waals surface area contributed by atoms with E-state index in [9.17, 15) is 9.18 Å². The smallest absolute Gasteiger partial charge is 0.232 e. The fraction of sp³-hybridized carbons (Fsp3) is 0.0625. The third kappa shape index (κ3) is 3.41. The SMILES string of the molecule is O=C(Cc1cn2ccsc2n1)Nc1nc(-c2ccc(F)c(Cl)c2)cs1. The fourth-order valence-electron chi connectivity index (χ4n) is 2.31. The molecule has 0 radical (unpaired) electrons. The zero-order valence-corrected chi connectivity index (χ0v) is 15.0. The molecule has 4 rings (SSSR count). The average molecular weight is 393 g/mol. The Morgan fingerprint density at radius 2 is 2.20 bits per heavy atom. The standard InChI is InChI=1S/C16H10ClFN4OS2/c17-11-5-9(1-2-12(11)18)13-8-25-15(20-13)21-14(23)6-10-7-22-3-4-24-16(22)19-10/h1-5,7-8H,6H2,(H,20,21,23). The lowest BCUT2D eigenvalue weighted by Crippen LogP contribution is -2.14. The number of hydrogen-bond acceptors (Lipinski definition) is 5. The highest BCUT2D eigenvalue weighted by molar-refractivity contribution is 7.15. The first-order valence-corrected chi connectivity index (χ1v) is 9.34. The molecule has 0 saturated heterocycles. The zero-order chi connectivity index (χ0) is 17.4. The quantitative estimate of drug-likeness (QED) is 0.556. The summed E-state index contributed by atoms with van der Waals surface area (Å²) in [6.07, 6.45) is 3.90. The molecule has 0 bridgehead atoms. The molecule has 0 saturated carbocycles. The predicted molar refractivity (Wildman–Crippen MR) is 97.9 cm³/mol. The van der Waals surface area contributed by atoms with Crippen molar-refractivity contribution in [3.8, 4) is 11.3 Å². The van der Waals surface area contributed by atoms with E-state index in [4.69, 9.17) is 11.6 Å². The fourth-order valence-corrected chi connectivity index (χ4v) is 3.94. The number of anilines is 1. The number of aromatic nitrogens is 3. The molecule has 0 aliphatic heterocycles. The number of carbonyl (C=O) groups excluding carboxylic acids is 1. The molecule has 1 amide bonds. The molecular formula is C16H10ClFN4OS2. The first kappa shape index (κ1) is 16.2. The van der Waals surface area contributed by atoms with Crippen LogP contribution in [0.1, 0.15) is 5.69 Å². The Morgan fingerprint density at radius 3 is 3.00 bits per heavy atom. The van der Waals surface area contributed by atoms with Gasteiger partial charge in [-0.15, -0.1) is 22.7 Å². The molecule has 1 N–H and O–H groups in total. The van der Waals surface area contributed by atoms with Crippen molar-refractivity contribution >= 4 is 50.3 Å². The summed E-state index contributed by atoms with van der Waals surface area (Å²) in [6, 6.07) is 4.40. The number of nitrogens with one attached hydrogen (secondary N) is 1. The lowest BCUT2D eigenvalue weighted by Gasteiger charge is -2.00. The number of halogens is 2. The summed E-state index contributed by atoms with van der Waals surface area (Å²) in [7, 11) is 0. The summed E-state index contributed by atoms with van der Waals surface area (Å²) in [5, 5.41) is 6.99. The van der Waals surface area contributed by atoms with E-state index in [1.807, 2.05) is 22.2 Å². The molecule has 5 nitrogen and oxygen atoms in total. The number of nitrogens with zero attached hydrogens (tertiary/aromatic N) is 3.